The highest BCUT2D eigenvalue weighted by atomic mass is 16.7. The summed E-state index contributed by atoms with van der Waals surface area (Å²) >= 11 is 0. The minimum atomic E-state index is -0.567. The van der Waals surface area contributed by atoms with Crippen molar-refractivity contribution >= 4 is 11.6 Å². The van der Waals surface area contributed by atoms with Gasteiger partial charge in [-0.3, -0.25) is 9.78 Å². The highest BCUT2D eigenvalue weighted by molar-refractivity contribution is 6.02. The summed E-state index contributed by atoms with van der Waals surface area (Å²) in [4.78, 5) is 16.8. The first-order valence-corrected chi connectivity index (χ1v) is 10.2. The highest BCUT2D eigenvalue weighted by Gasteiger charge is 2.29. The van der Waals surface area contributed by atoms with Crippen LogP contribution in [0.1, 0.15) is 29.0 Å². The summed E-state index contributed by atoms with van der Waals surface area (Å²) in [6, 6.07) is 21.1. The van der Waals surface area contributed by atoms with E-state index < -0.39 is 6.29 Å². The molecular formula is C25H24N2O4. The van der Waals surface area contributed by atoms with Crippen LogP contribution >= 0.6 is 0 Å². The number of allylic oxidation sites excluding steroid dienone is 1. The fourth-order valence-electron chi connectivity index (χ4n) is 3.41. The first-order chi connectivity index (χ1) is 15.2. The van der Waals surface area contributed by atoms with Crippen molar-refractivity contribution in [1.29, 1.82) is 0 Å². The molecule has 1 aromatic heterocycles. The minimum absolute atomic E-state index is 0.00578. The Hall–Kier alpha value is -3.48. The average molecular weight is 416 g/mol. The van der Waals surface area contributed by atoms with E-state index in [0.29, 0.717) is 18.7 Å². The van der Waals surface area contributed by atoms with Crippen molar-refractivity contribution in [2.75, 3.05) is 5.32 Å². The number of nitrogens with one attached hydrogen (secondary N) is 1. The molecule has 0 fully saturated rings. The van der Waals surface area contributed by atoms with E-state index in [1.807, 2.05) is 60.7 Å². The van der Waals surface area contributed by atoms with Crippen molar-refractivity contribution < 1.29 is 19.4 Å². The Morgan fingerprint density at radius 1 is 1.06 bits per heavy atom. The van der Waals surface area contributed by atoms with Crippen LogP contribution in [0.15, 0.2) is 91.0 Å². The van der Waals surface area contributed by atoms with Crippen LogP contribution in [0, 0.1) is 0 Å². The molecule has 1 aliphatic rings. The standard InChI is InChI=1S/C25H24N2O4/c28-16-18-8-10-19(11-9-18)17-30-24-14-21(20-5-2-1-3-6-20)13-23(31-24)25(29)27-22-7-4-12-26-15-22/h1-13,15,21,24,28H,14,16-17H2,(H,27,29)/t21-,24+/m0/s1. The summed E-state index contributed by atoms with van der Waals surface area (Å²) < 4.78 is 11.9. The van der Waals surface area contributed by atoms with Crippen LogP contribution < -0.4 is 5.32 Å². The molecule has 0 bridgehead atoms. The number of aromatic nitrogens is 1. The zero-order valence-electron chi connectivity index (χ0n) is 17.0. The van der Waals surface area contributed by atoms with Gasteiger partial charge in [0.05, 0.1) is 25.1 Å². The molecule has 31 heavy (non-hydrogen) atoms. The zero-order chi connectivity index (χ0) is 21.5. The van der Waals surface area contributed by atoms with Crippen LogP contribution in [0.4, 0.5) is 5.69 Å². The molecule has 2 atom stereocenters. The number of ether oxygens (including phenoxy) is 2. The Morgan fingerprint density at radius 3 is 2.55 bits per heavy atom. The maximum atomic E-state index is 12.8. The average Bonchev–Trinajstić information content (AvgIpc) is 2.84. The van der Waals surface area contributed by atoms with Crippen LogP contribution in [0.3, 0.4) is 0 Å². The Bertz CT molecular complexity index is 1020. The molecule has 3 aromatic rings. The van der Waals surface area contributed by atoms with Crippen molar-refractivity contribution in [2.24, 2.45) is 0 Å². The molecule has 6 heteroatoms. The Labute approximate surface area is 181 Å². The molecule has 2 N–H and O–H groups in total. The van der Waals surface area contributed by atoms with Gasteiger partial charge in [0.1, 0.15) is 0 Å². The van der Waals surface area contributed by atoms with E-state index in [1.165, 1.54) is 0 Å². The van der Waals surface area contributed by atoms with E-state index >= 15 is 0 Å². The van der Waals surface area contributed by atoms with Gasteiger partial charge in [-0.25, -0.2) is 0 Å². The van der Waals surface area contributed by atoms with Gasteiger partial charge in [-0.2, -0.15) is 0 Å². The normalized spacial score (nSPS) is 18.0. The molecule has 2 aromatic carbocycles. The quantitative estimate of drug-likeness (QED) is 0.605. The number of rotatable bonds is 7. The number of amides is 1. The second-order valence-corrected chi connectivity index (χ2v) is 7.31. The molecule has 6 nitrogen and oxygen atoms in total. The van der Waals surface area contributed by atoms with Crippen LogP contribution in [0.25, 0.3) is 0 Å². The summed E-state index contributed by atoms with van der Waals surface area (Å²) in [5.74, 6) is -0.120. The van der Waals surface area contributed by atoms with E-state index in [9.17, 15) is 9.90 Å². The fraction of sp³-hybridized carbons (Fsp3) is 0.200. The van der Waals surface area contributed by atoms with E-state index in [-0.39, 0.29) is 24.2 Å². The molecule has 0 saturated carbocycles. The van der Waals surface area contributed by atoms with Gasteiger partial charge < -0.3 is 19.9 Å². The molecule has 0 spiro atoms. The topological polar surface area (TPSA) is 80.7 Å². The predicted octanol–water partition coefficient (Wildman–Crippen LogP) is 4.14. The molecule has 0 radical (unpaired) electrons. The fourth-order valence-corrected chi connectivity index (χ4v) is 3.41. The van der Waals surface area contributed by atoms with Crippen LogP contribution in [0.5, 0.6) is 0 Å². The molecule has 0 unspecified atom stereocenters. The Kier molecular flexibility index (Phi) is 6.72. The largest absolute Gasteiger partial charge is 0.459 e. The van der Waals surface area contributed by atoms with Gasteiger partial charge in [-0.15, -0.1) is 0 Å². The lowest BCUT2D eigenvalue weighted by Gasteiger charge is -2.29. The van der Waals surface area contributed by atoms with Crippen molar-refractivity contribution in [3.8, 4) is 0 Å². The van der Waals surface area contributed by atoms with Gasteiger partial charge >= 0.3 is 0 Å². The van der Waals surface area contributed by atoms with Crippen LogP contribution in [0.2, 0.25) is 0 Å². The summed E-state index contributed by atoms with van der Waals surface area (Å²) in [5, 5.41) is 12.0. The lowest BCUT2D eigenvalue weighted by atomic mass is 9.93. The van der Waals surface area contributed by atoms with Gasteiger partial charge in [-0.05, 0) is 34.9 Å². The van der Waals surface area contributed by atoms with Crippen molar-refractivity contribution in [1.82, 2.24) is 4.98 Å². The molecule has 0 saturated heterocycles. The van der Waals surface area contributed by atoms with Crippen LogP contribution in [-0.2, 0) is 27.5 Å². The molecular weight excluding hydrogens is 392 g/mol. The predicted molar refractivity (Wildman–Crippen MR) is 117 cm³/mol. The summed E-state index contributed by atoms with van der Waals surface area (Å²) in [6.07, 6.45) is 5.11. The third-order valence-corrected chi connectivity index (χ3v) is 5.07. The number of hydrogen-bond donors (Lipinski definition) is 2. The third-order valence-electron chi connectivity index (χ3n) is 5.07. The van der Waals surface area contributed by atoms with Crippen LogP contribution in [-0.4, -0.2) is 22.3 Å². The lowest BCUT2D eigenvalue weighted by Crippen LogP contribution is -2.29. The van der Waals surface area contributed by atoms with Crippen molar-refractivity contribution in [3.05, 3.63) is 108 Å². The molecule has 4 rings (SSSR count). The Balaban J connectivity index is 1.49. The summed E-state index contributed by atoms with van der Waals surface area (Å²) in [7, 11) is 0. The number of aliphatic hydroxyl groups excluding tert-OH is 1. The molecule has 158 valence electrons. The number of nitrogens with zero attached hydrogens (tertiary/aromatic N) is 1. The molecule has 0 aliphatic carbocycles. The first kappa shape index (κ1) is 20.8. The van der Waals surface area contributed by atoms with Gasteiger partial charge in [0, 0.05) is 18.5 Å². The molecule has 1 aliphatic heterocycles. The number of aliphatic hydroxyl groups is 1. The number of anilines is 1. The maximum Gasteiger partial charge on any atom is 0.290 e. The minimum Gasteiger partial charge on any atom is -0.459 e. The number of benzene rings is 2. The zero-order valence-corrected chi connectivity index (χ0v) is 17.0. The van der Waals surface area contributed by atoms with Crippen molar-refractivity contribution in [3.63, 3.8) is 0 Å². The molecule has 1 amide bonds. The second-order valence-electron chi connectivity index (χ2n) is 7.31. The number of carbonyl (C=O) groups excluding carboxylic acids is 1. The smallest absolute Gasteiger partial charge is 0.290 e. The second kappa shape index (κ2) is 10.0. The summed E-state index contributed by atoms with van der Waals surface area (Å²) in [6.45, 7) is 0.348. The van der Waals surface area contributed by atoms with Gasteiger partial charge in [0.25, 0.3) is 5.91 Å². The van der Waals surface area contributed by atoms with Gasteiger partial charge in [0.2, 0.25) is 6.29 Å². The first-order valence-electron chi connectivity index (χ1n) is 10.2. The van der Waals surface area contributed by atoms with E-state index in [0.717, 1.165) is 16.7 Å². The lowest BCUT2D eigenvalue weighted by molar-refractivity contribution is -0.147. The Morgan fingerprint density at radius 2 is 1.84 bits per heavy atom. The SMILES string of the molecule is O=C(Nc1cccnc1)C1=C[C@H](c2ccccc2)C[C@H](OCc2ccc(CO)cc2)O1. The summed E-state index contributed by atoms with van der Waals surface area (Å²) in [5.41, 5.74) is 3.51. The molecule has 2 heterocycles. The van der Waals surface area contributed by atoms with Gasteiger partial charge in [0.15, 0.2) is 5.76 Å². The highest BCUT2D eigenvalue weighted by Crippen LogP contribution is 2.32. The van der Waals surface area contributed by atoms with E-state index in [2.05, 4.69) is 10.3 Å². The third kappa shape index (κ3) is 5.57. The van der Waals surface area contributed by atoms with E-state index in [4.69, 9.17) is 9.47 Å². The van der Waals surface area contributed by atoms with Gasteiger partial charge in [-0.1, -0.05) is 54.6 Å². The van der Waals surface area contributed by atoms with Crippen molar-refractivity contribution in [2.45, 2.75) is 31.8 Å². The maximum absolute atomic E-state index is 12.8. The van der Waals surface area contributed by atoms with E-state index in [1.54, 1.807) is 24.5 Å². The number of hydrogen-bond acceptors (Lipinski definition) is 5. The number of pyridine rings is 1. The number of carbonyl (C=O) groups is 1. The monoisotopic (exact) mass is 416 g/mol.